The lowest BCUT2D eigenvalue weighted by molar-refractivity contribution is 0.0727. The van der Waals surface area contributed by atoms with E-state index < -0.39 is 0 Å². The van der Waals surface area contributed by atoms with Gasteiger partial charge in [-0.15, -0.1) is 0 Å². The van der Waals surface area contributed by atoms with E-state index in [1.807, 2.05) is 35.2 Å². The van der Waals surface area contributed by atoms with Crippen LogP contribution in [0.25, 0.3) is 0 Å². The third-order valence-electron chi connectivity index (χ3n) is 4.75. The molecule has 2 atom stereocenters. The highest BCUT2D eigenvalue weighted by Crippen LogP contribution is 2.21. The molecule has 1 aromatic carbocycles. The molecule has 0 spiro atoms. The van der Waals surface area contributed by atoms with E-state index in [1.165, 1.54) is 0 Å². The van der Waals surface area contributed by atoms with Gasteiger partial charge in [0.2, 0.25) is 0 Å². The van der Waals surface area contributed by atoms with Gasteiger partial charge < -0.3 is 19.6 Å². The van der Waals surface area contributed by atoms with Crippen molar-refractivity contribution in [3.8, 4) is 0 Å². The minimum atomic E-state index is -0.208. The number of hydrogen-bond donors (Lipinski definition) is 1. The van der Waals surface area contributed by atoms with Crippen molar-refractivity contribution in [3.05, 3.63) is 35.9 Å². The zero-order valence-electron chi connectivity index (χ0n) is 13.6. The zero-order valence-corrected chi connectivity index (χ0v) is 13.6. The summed E-state index contributed by atoms with van der Waals surface area (Å²) in [5.74, 6) is 0.485. The topological polar surface area (TPSA) is 53.0 Å². The predicted molar refractivity (Wildman–Crippen MR) is 88.0 cm³/mol. The molecule has 5 heteroatoms. The second-order valence-electron chi connectivity index (χ2n) is 6.70. The third-order valence-corrected chi connectivity index (χ3v) is 4.75. The summed E-state index contributed by atoms with van der Waals surface area (Å²) >= 11 is 0. The van der Waals surface area contributed by atoms with Crippen LogP contribution in [0.2, 0.25) is 0 Å². The van der Waals surface area contributed by atoms with Gasteiger partial charge in [0.25, 0.3) is 0 Å². The summed E-state index contributed by atoms with van der Waals surface area (Å²) in [6.45, 7) is 4.59. The Kier molecular flexibility index (Phi) is 5.51. The second kappa shape index (κ2) is 7.79. The van der Waals surface area contributed by atoms with Gasteiger partial charge in [0.1, 0.15) is 6.61 Å². The monoisotopic (exact) mass is 318 g/mol. The molecule has 0 aromatic heterocycles. The van der Waals surface area contributed by atoms with Crippen molar-refractivity contribution in [1.82, 2.24) is 9.80 Å². The van der Waals surface area contributed by atoms with Gasteiger partial charge in [-0.05, 0) is 30.7 Å². The fourth-order valence-corrected chi connectivity index (χ4v) is 3.53. The van der Waals surface area contributed by atoms with E-state index >= 15 is 0 Å². The molecule has 2 aliphatic rings. The van der Waals surface area contributed by atoms with Crippen LogP contribution in [0.15, 0.2) is 30.3 Å². The van der Waals surface area contributed by atoms with Crippen LogP contribution >= 0.6 is 0 Å². The molecular formula is C18H26N2O3. The molecule has 1 N–H and O–H groups in total. The maximum atomic E-state index is 12.3. The van der Waals surface area contributed by atoms with Crippen molar-refractivity contribution >= 4 is 6.09 Å². The maximum Gasteiger partial charge on any atom is 0.410 e. The van der Waals surface area contributed by atoms with Gasteiger partial charge in [-0.25, -0.2) is 4.79 Å². The third kappa shape index (κ3) is 4.69. The number of ether oxygens (including phenoxy) is 1. The molecule has 0 radical (unpaired) electrons. The quantitative estimate of drug-likeness (QED) is 0.924. The number of hydrogen-bond acceptors (Lipinski definition) is 4. The standard InChI is InChI=1S/C18H26N2O3/c21-17-8-10-19(13-17)11-16-7-4-9-20(12-16)18(22)23-14-15-5-2-1-3-6-15/h1-3,5-6,16-17,21H,4,7-14H2. The Morgan fingerprint density at radius 3 is 2.74 bits per heavy atom. The second-order valence-corrected chi connectivity index (χ2v) is 6.70. The van der Waals surface area contributed by atoms with Crippen molar-refractivity contribution in [2.24, 2.45) is 5.92 Å². The Labute approximate surface area is 137 Å². The molecular weight excluding hydrogens is 292 g/mol. The highest BCUT2D eigenvalue weighted by molar-refractivity contribution is 5.67. The number of benzene rings is 1. The highest BCUT2D eigenvalue weighted by Gasteiger charge is 2.28. The molecule has 2 unspecified atom stereocenters. The number of aliphatic hydroxyl groups is 1. The molecule has 23 heavy (non-hydrogen) atoms. The molecule has 2 saturated heterocycles. The molecule has 3 rings (SSSR count). The van der Waals surface area contributed by atoms with Gasteiger partial charge in [0.15, 0.2) is 0 Å². The summed E-state index contributed by atoms with van der Waals surface area (Å²) in [5, 5.41) is 9.62. The molecule has 1 amide bonds. The Balaban J connectivity index is 1.45. The molecule has 126 valence electrons. The van der Waals surface area contributed by atoms with E-state index in [-0.39, 0.29) is 12.2 Å². The number of likely N-dealkylation sites (tertiary alicyclic amines) is 2. The molecule has 0 saturated carbocycles. The lowest BCUT2D eigenvalue weighted by Gasteiger charge is -2.34. The number of nitrogens with zero attached hydrogens (tertiary/aromatic N) is 2. The number of carbonyl (C=O) groups is 1. The van der Waals surface area contributed by atoms with Gasteiger partial charge in [0, 0.05) is 32.7 Å². The number of rotatable bonds is 4. The number of β-amino-alcohol motifs (C(OH)–C–C–N with tert-alkyl or cyclic N) is 1. The molecule has 2 fully saturated rings. The highest BCUT2D eigenvalue weighted by atomic mass is 16.6. The van der Waals surface area contributed by atoms with E-state index in [1.54, 1.807) is 0 Å². The Morgan fingerprint density at radius 1 is 1.17 bits per heavy atom. The van der Waals surface area contributed by atoms with Crippen molar-refractivity contribution in [2.45, 2.75) is 32.0 Å². The van der Waals surface area contributed by atoms with Gasteiger partial charge in [0.05, 0.1) is 6.10 Å². The lowest BCUT2D eigenvalue weighted by Crippen LogP contribution is -2.43. The van der Waals surface area contributed by atoms with Crippen molar-refractivity contribution in [3.63, 3.8) is 0 Å². The van der Waals surface area contributed by atoms with Crippen LogP contribution in [0.3, 0.4) is 0 Å². The van der Waals surface area contributed by atoms with E-state index in [0.717, 1.165) is 57.5 Å². The largest absolute Gasteiger partial charge is 0.445 e. The summed E-state index contributed by atoms with van der Waals surface area (Å²) in [7, 11) is 0. The Bertz CT molecular complexity index is 508. The number of carbonyl (C=O) groups excluding carboxylic acids is 1. The van der Waals surface area contributed by atoms with E-state index in [9.17, 15) is 9.90 Å². The predicted octanol–water partition coefficient (Wildman–Crippen LogP) is 2.10. The van der Waals surface area contributed by atoms with Crippen LogP contribution in [-0.2, 0) is 11.3 Å². The van der Waals surface area contributed by atoms with Crippen LogP contribution in [0.1, 0.15) is 24.8 Å². The van der Waals surface area contributed by atoms with Crippen LogP contribution in [0.5, 0.6) is 0 Å². The Hall–Kier alpha value is -1.59. The minimum absolute atomic E-state index is 0.175. The van der Waals surface area contributed by atoms with Crippen molar-refractivity contribution in [2.75, 3.05) is 32.7 Å². The first kappa shape index (κ1) is 16.3. The van der Waals surface area contributed by atoms with Crippen LogP contribution in [0, 0.1) is 5.92 Å². The number of aliphatic hydroxyl groups excluding tert-OH is 1. The average Bonchev–Trinajstić information content (AvgIpc) is 2.99. The normalized spacial score (nSPS) is 25.5. The smallest absolute Gasteiger partial charge is 0.410 e. The van der Waals surface area contributed by atoms with E-state index in [2.05, 4.69) is 4.90 Å². The molecule has 2 heterocycles. The van der Waals surface area contributed by atoms with Gasteiger partial charge in [-0.2, -0.15) is 0 Å². The van der Waals surface area contributed by atoms with Gasteiger partial charge in [-0.1, -0.05) is 30.3 Å². The minimum Gasteiger partial charge on any atom is -0.445 e. The molecule has 0 aliphatic carbocycles. The fourth-order valence-electron chi connectivity index (χ4n) is 3.53. The molecule has 2 aliphatic heterocycles. The first-order chi connectivity index (χ1) is 11.2. The summed E-state index contributed by atoms with van der Waals surface area (Å²) < 4.78 is 5.44. The number of piperidine rings is 1. The van der Waals surface area contributed by atoms with E-state index in [0.29, 0.717) is 12.5 Å². The lowest BCUT2D eigenvalue weighted by atomic mass is 9.98. The van der Waals surface area contributed by atoms with Gasteiger partial charge in [-0.3, -0.25) is 0 Å². The zero-order chi connectivity index (χ0) is 16.1. The van der Waals surface area contributed by atoms with Crippen molar-refractivity contribution in [1.29, 1.82) is 0 Å². The van der Waals surface area contributed by atoms with Crippen LogP contribution < -0.4 is 0 Å². The van der Waals surface area contributed by atoms with E-state index in [4.69, 9.17) is 4.74 Å². The maximum absolute atomic E-state index is 12.3. The first-order valence-corrected chi connectivity index (χ1v) is 8.57. The fraction of sp³-hybridized carbons (Fsp3) is 0.611. The SMILES string of the molecule is O=C(OCc1ccccc1)N1CCCC(CN2CCC(O)C2)C1. The van der Waals surface area contributed by atoms with Crippen LogP contribution in [0.4, 0.5) is 4.79 Å². The van der Waals surface area contributed by atoms with Gasteiger partial charge >= 0.3 is 6.09 Å². The van der Waals surface area contributed by atoms with Crippen LogP contribution in [-0.4, -0.2) is 59.8 Å². The van der Waals surface area contributed by atoms with Crippen molar-refractivity contribution < 1.29 is 14.6 Å². The molecule has 1 aromatic rings. The first-order valence-electron chi connectivity index (χ1n) is 8.57. The summed E-state index contributed by atoms with van der Waals surface area (Å²) in [5.41, 5.74) is 1.01. The summed E-state index contributed by atoms with van der Waals surface area (Å²) in [6, 6.07) is 9.78. The Morgan fingerprint density at radius 2 is 2.00 bits per heavy atom. The number of amides is 1. The molecule has 0 bridgehead atoms. The summed E-state index contributed by atoms with van der Waals surface area (Å²) in [6.07, 6.45) is 2.66. The molecule has 5 nitrogen and oxygen atoms in total. The summed E-state index contributed by atoms with van der Waals surface area (Å²) in [4.78, 5) is 16.4. The average molecular weight is 318 g/mol.